The SMILES string of the molecule is Cc1ccc(C=CC(=O)NC(=S)Nc2ccc(C)c(C)c2)o1. The van der Waals surface area contributed by atoms with Gasteiger partial charge in [0.15, 0.2) is 5.11 Å². The lowest BCUT2D eigenvalue weighted by molar-refractivity contribution is -0.115. The van der Waals surface area contributed by atoms with Crippen LogP contribution in [-0.4, -0.2) is 11.0 Å². The average Bonchev–Trinajstić information content (AvgIpc) is 2.86. The Bertz CT molecular complexity index is 732. The Hall–Kier alpha value is -2.40. The van der Waals surface area contributed by atoms with Crippen LogP contribution < -0.4 is 10.6 Å². The molecule has 2 aromatic rings. The summed E-state index contributed by atoms with van der Waals surface area (Å²) in [6.07, 6.45) is 2.98. The largest absolute Gasteiger partial charge is 0.462 e. The summed E-state index contributed by atoms with van der Waals surface area (Å²) in [5, 5.41) is 5.84. The molecule has 2 rings (SSSR count). The highest BCUT2D eigenvalue weighted by Gasteiger charge is 2.03. The standard InChI is InChI=1S/C17H18N2O2S/c1-11-4-6-14(10-12(11)2)18-17(22)19-16(20)9-8-15-7-5-13(3)21-15/h4-10H,1-3H3,(H2,18,19,20,22). The maximum atomic E-state index is 11.8. The lowest BCUT2D eigenvalue weighted by Crippen LogP contribution is -2.32. The minimum Gasteiger partial charge on any atom is -0.462 e. The maximum Gasteiger partial charge on any atom is 0.250 e. The molecule has 4 nitrogen and oxygen atoms in total. The zero-order chi connectivity index (χ0) is 16.1. The fourth-order valence-corrected chi connectivity index (χ4v) is 2.05. The third kappa shape index (κ3) is 4.56. The Morgan fingerprint density at radius 3 is 2.55 bits per heavy atom. The van der Waals surface area contributed by atoms with Crippen LogP contribution in [0.1, 0.15) is 22.6 Å². The van der Waals surface area contributed by atoms with Crippen molar-refractivity contribution >= 4 is 35.0 Å². The van der Waals surface area contributed by atoms with E-state index in [0.717, 1.165) is 17.0 Å². The molecule has 0 bridgehead atoms. The van der Waals surface area contributed by atoms with Gasteiger partial charge in [-0.2, -0.15) is 0 Å². The number of hydrogen-bond acceptors (Lipinski definition) is 3. The molecule has 1 aromatic heterocycles. The van der Waals surface area contributed by atoms with Gasteiger partial charge in [0, 0.05) is 11.8 Å². The second-order valence-electron chi connectivity index (χ2n) is 5.02. The predicted molar refractivity (Wildman–Crippen MR) is 92.8 cm³/mol. The minimum absolute atomic E-state index is 0.258. The van der Waals surface area contributed by atoms with Crippen LogP contribution in [0.4, 0.5) is 5.69 Å². The number of furan rings is 1. The molecule has 0 aliphatic heterocycles. The fraction of sp³-hybridized carbons (Fsp3) is 0.176. The normalized spacial score (nSPS) is 10.7. The number of nitrogens with one attached hydrogen (secondary N) is 2. The Labute approximate surface area is 135 Å². The number of hydrogen-bond donors (Lipinski definition) is 2. The third-order valence-electron chi connectivity index (χ3n) is 3.16. The molecule has 0 aliphatic carbocycles. The van der Waals surface area contributed by atoms with Crippen molar-refractivity contribution in [3.63, 3.8) is 0 Å². The summed E-state index contributed by atoms with van der Waals surface area (Å²) in [5.74, 6) is 1.11. The van der Waals surface area contributed by atoms with Crippen LogP contribution in [0.5, 0.6) is 0 Å². The number of carbonyl (C=O) groups excluding carboxylic acids is 1. The van der Waals surface area contributed by atoms with E-state index in [1.165, 1.54) is 11.6 Å². The quantitative estimate of drug-likeness (QED) is 0.669. The molecule has 1 amide bonds. The molecular weight excluding hydrogens is 296 g/mol. The molecule has 0 radical (unpaired) electrons. The summed E-state index contributed by atoms with van der Waals surface area (Å²) >= 11 is 5.12. The van der Waals surface area contributed by atoms with E-state index in [0.29, 0.717) is 5.76 Å². The molecule has 1 aromatic carbocycles. The fourth-order valence-electron chi connectivity index (χ4n) is 1.84. The van der Waals surface area contributed by atoms with E-state index in [1.54, 1.807) is 12.1 Å². The van der Waals surface area contributed by atoms with Gasteiger partial charge in [-0.1, -0.05) is 6.07 Å². The van der Waals surface area contributed by atoms with Gasteiger partial charge in [0.25, 0.3) is 0 Å². The van der Waals surface area contributed by atoms with Gasteiger partial charge in [-0.25, -0.2) is 0 Å². The number of benzene rings is 1. The van der Waals surface area contributed by atoms with Crippen LogP contribution in [0.25, 0.3) is 6.08 Å². The van der Waals surface area contributed by atoms with Crippen LogP contribution in [0, 0.1) is 20.8 Å². The number of amides is 1. The van der Waals surface area contributed by atoms with Crippen molar-refractivity contribution in [3.05, 3.63) is 59.1 Å². The summed E-state index contributed by atoms with van der Waals surface area (Å²) < 4.78 is 5.34. The van der Waals surface area contributed by atoms with Gasteiger partial charge in [-0.15, -0.1) is 0 Å². The summed E-state index contributed by atoms with van der Waals surface area (Å²) in [7, 11) is 0. The molecule has 1 heterocycles. The van der Waals surface area contributed by atoms with Crippen LogP contribution in [-0.2, 0) is 4.79 Å². The Morgan fingerprint density at radius 1 is 1.14 bits per heavy atom. The minimum atomic E-state index is -0.310. The Morgan fingerprint density at radius 2 is 1.91 bits per heavy atom. The number of rotatable bonds is 3. The van der Waals surface area contributed by atoms with E-state index in [9.17, 15) is 4.79 Å². The van der Waals surface area contributed by atoms with Crippen molar-refractivity contribution in [2.75, 3.05) is 5.32 Å². The van der Waals surface area contributed by atoms with Crippen LogP contribution in [0.3, 0.4) is 0 Å². The second-order valence-corrected chi connectivity index (χ2v) is 5.43. The van der Waals surface area contributed by atoms with Gasteiger partial charge in [0.05, 0.1) is 0 Å². The second kappa shape index (κ2) is 7.04. The summed E-state index contributed by atoms with van der Waals surface area (Å²) in [6.45, 7) is 5.91. The molecular formula is C17H18N2O2S. The van der Waals surface area contributed by atoms with Gasteiger partial charge in [-0.3, -0.25) is 10.1 Å². The van der Waals surface area contributed by atoms with E-state index >= 15 is 0 Å². The summed E-state index contributed by atoms with van der Waals surface area (Å²) in [5.41, 5.74) is 3.21. The molecule has 0 spiro atoms. The van der Waals surface area contributed by atoms with E-state index in [-0.39, 0.29) is 11.0 Å². The monoisotopic (exact) mass is 314 g/mol. The van der Waals surface area contributed by atoms with Crippen molar-refractivity contribution < 1.29 is 9.21 Å². The molecule has 0 unspecified atom stereocenters. The maximum absolute atomic E-state index is 11.8. The van der Waals surface area contributed by atoms with Gasteiger partial charge in [0.2, 0.25) is 5.91 Å². The van der Waals surface area contributed by atoms with E-state index < -0.39 is 0 Å². The Balaban J connectivity index is 1.89. The van der Waals surface area contributed by atoms with Gasteiger partial charge >= 0.3 is 0 Å². The van der Waals surface area contributed by atoms with Crippen molar-refractivity contribution in [1.29, 1.82) is 0 Å². The zero-order valence-corrected chi connectivity index (χ0v) is 13.6. The van der Waals surface area contributed by atoms with Crippen molar-refractivity contribution in [2.45, 2.75) is 20.8 Å². The molecule has 2 N–H and O–H groups in total. The highest BCUT2D eigenvalue weighted by Crippen LogP contribution is 2.14. The molecule has 22 heavy (non-hydrogen) atoms. The number of aryl methyl sites for hydroxylation is 3. The van der Waals surface area contributed by atoms with Gasteiger partial charge < -0.3 is 9.73 Å². The van der Waals surface area contributed by atoms with Gasteiger partial charge in [0.1, 0.15) is 11.5 Å². The van der Waals surface area contributed by atoms with E-state index in [1.807, 2.05) is 45.0 Å². The molecule has 0 fully saturated rings. The van der Waals surface area contributed by atoms with Crippen molar-refractivity contribution in [2.24, 2.45) is 0 Å². The number of carbonyl (C=O) groups is 1. The molecule has 5 heteroatoms. The smallest absolute Gasteiger partial charge is 0.250 e. The van der Waals surface area contributed by atoms with Crippen LogP contribution in [0.2, 0.25) is 0 Å². The first-order chi connectivity index (χ1) is 10.4. The predicted octanol–water partition coefficient (Wildman–Crippen LogP) is 3.73. The summed E-state index contributed by atoms with van der Waals surface area (Å²) in [4.78, 5) is 11.8. The molecule has 114 valence electrons. The number of anilines is 1. The average molecular weight is 314 g/mol. The van der Waals surface area contributed by atoms with Crippen molar-refractivity contribution in [1.82, 2.24) is 5.32 Å². The summed E-state index contributed by atoms with van der Waals surface area (Å²) in [6, 6.07) is 9.53. The lowest BCUT2D eigenvalue weighted by atomic mass is 10.1. The zero-order valence-electron chi connectivity index (χ0n) is 12.8. The first kappa shape index (κ1) is 16.0. The number of thiocarbonyl (C=S) groups is 1. The van der Waals surface area contributed by atoms with Crippen LogP contribution in [0.15, 0.2) is 40.8 Å². The highest BCUT2D eigenvalue weighted by atomic mass is 32.1. The van der Waals surface area contributed by atoms with E-state index in [2.05, 4.69) is 10.6 Å². The molecule has 0 atom stereocenters. The third-order valence-corrected chi connectivity index (χ3v) is 3.37. The van der Waals surface area contributed by atoms with E-state index in [4.69, 9.17) is 16.6 Å². The highest BCUT2D eigenvalue weighted by molar-refractivity contribution is 7.80. The van der Waals surface area contributed by atoms with Crippen LogP contribution >= 0.6 is 12.2 Å². The molecule has 0 saturated carbocycles. The topological polar surface area (TPSA) is 54.3 Å². The lowest BCUT2D eigenvalue weighted by Gasteiger charge is -2.09. The van der Waals surface area contributed by atoms with Gasteiger partial charge in [-0.05, 0) is 74.5 Å². The first-order valence-corrected chi connectivity index (χ1v) is 7.28. The molecule has 0 aliphatic rings. The van der Waals surface area contributed by atoms with Crippen molar-refractivity contribution in [3.8, 4) is 0 Å². The Kier molecular flexibility index (Phi) is 5.12. The first-order valence-electron chi connectivity index (χ1n) is 6.88. The molecule has 0 saturated heterocycles.